The van der Waals surface area contributed by atoms with Gasteiger partial charge in [0.2, 0.25) is 0 Å². The Balaban J connectivity index is 1.98. The number of carbonyl (C=O) groups is 1. The number of hydrogen-bond donors (Lipinski definition) is 3. The van der Waals surface area contributed by atoms with Gasteiger partial charge < -0.3 is 16.0 Å². The van der Waals surface area contributed by atoms with Gasteiger partial charge in [0.05, 0.1) is 5.56 Å². The van der Waals surface area contributed by atoms with E-state index in [9.17, 15) is 4.79 Å². The quantitative estimate of drug-likeness (QED) is 0.634. The summed E-state index contributed by atoms with van der Waals surface area (Å²) in [5, 5.41) is 4.86. The molecule has 0 saturated heterocycles. The number of nitrogen functional groups attached to an aromatic ring is 1. The van der Waals surface area contributed by atoms with Crippen LogP contribution in [0.15, 0.2) is 48.7 Å². The molecule has 2 aromatic carbocycles. The number of fused-ring (bicyclic) bond motifs is 1. The van der Waals surface area contributed by atoms with Crippen molar-refractivity contribution in [3.63, 3.8) is 0 Å². The van der Waals surface area contributed by atoms with Crippen LogP contribution >= 0.6 is 12.2 Å². The van der Waals surface area contributed by atoms with Crippen LogP contribution in [0.25, 0.3) is 10.8 Å². The maximum absolute atomic E-state index is 12.3. The standard InChI is InChI=1S/C15H12N4OS/c16-13-11(8-17-15(21)19-13)14(20)18-12-7-3-5-9-4-1-2-6-10(9)12/h1-8H,(H,18,20)(H3,16,17,19,21). The number of rotatable bonds is 2. The summed E-state index contributed by atoms with van der Waals surface area (Å²) in [4.78, 5) is 18.9. The van der Waals surface area contributed by atoms with Gasteiger partial charge in [-0.05, 0) is 23.7 Å². The lowest BCUT2D eigenvalue weighted by Gasteiger charge is -2.09. The summed E-state index contributed by atoms with van der Waals surface area (Å²) in [5.74, 6) is -0.129. The average molecular weight is 296 g/mol. The molecule has 6 heteroatoms. The van der Waals surface area contributed by atoms with Crippen LogP contribution in [-0.2, 0) is 0 Å². The molecule has 3 aromatic rings. The highest BCUT2D eigenvalue weighted by atomic mass is 32.1. The van der Waals surface area contributed by atoms with Crippen LogP contribution in [0.2, 0.25) is 0 Å². The van der Waals surface area contributed by atoms with Crippen molar-refractivity contribution in [2.24, 2.45) is 0 Å². The number of nitrogens with one attached hydrogen (secondary N) is 2. The number of benzene rings is 2. The zero-order chi connectivity index (χ0) is 14.8. The molecular weight excluding hydrogens is 284 g/mol. The Labute approximate surface area is 125 Å². The molecule has 0 aliphatic heterocycles. The zero-order valence-corrected chi connectivity index (χ0v) is 11.8. The van der Waals surface area contributed by atoms with Crippen molar-refractivity contribution >= 4 is 40.4 Å². The molecule has 0 spiro atoms. The highest BCUT2D eigenvalue weighted by Gasteiger charge is 2.12. The molecule has 5 nitrogen and oxygen atoms in total. The Morgan fingerprint density at radius 1 is 1.19 bits per heavy atom. The molecule has 1 heterocycles. The molecule has 4 N–H and O–H groups in total. The first-order valence-electron chi connectivity index (χ1n) is 6.29. The van der Waals surface area contributed by atoms with Gasteiger partial charge in [0, 0.05) is 17.3 Å². The van der Waals surface area contributed by atoms with Crippen molar-refractivity contribution in [2.45, 2.75) is 0 Å². The second-order valence-electron chi connectivity index (χ2n) is 4.50. The molecule has 0 aliphatic carbocycles. The van der Waals surface area contributed by atoms with E-state index in [0.29, 0.717) is 0 Å². The molecule has 3 rings (SSSR count). The summed E-state index contributed by atoms with van der Waals surface area (Å²) < 4.78 is 0.245. The largest absolute Gasteiger partial charge is 0.384 e. The maximum atomic E-state index is 12.3. The summed E-state index contributed by atoms with van der Waals surface area (Å²) in [6.07, 6.45) is 1.37. The number of anilines is 2. The number of hydrogen-bond acceptors (Lipinski definition) is 4. The van der Waals surface area contributed by atoms with E-state index in [1.807, 2.05) is 42.5 Å². The van der Waals surface area contributed by atoms with Crippen LogP contribution in [0.1, 0.15) is 10.4 Å². The number of carbonyl (C=O) groups excluding carboxylic acids is 1. The molecule has 0 radical (unpaired) electrons. The number of aromatic nitrogens is 2. The second-order valence-corrected chi connectivity index (χ2v) is 4.88. The van der Waals surface area contributed by atoms with E-state index in [1.54, 1.807) is 0 Å². The number of H-pyrrole nitrogens is 1. The van der Waals surface area contributed by atoms with Crippen molar-refractivity contribution in [3.05, 3.63) is 59.0 Å². The SMILES string of the molecule is Nc1[nH]c(=S)ncc1C(=O)Nc1cccc2ccccc12. The Hall–Kier alpha value is -2.73. The van der Waals surface area contributed by atoms with Crippen LogP contribution in [0.3, 0.4) is 0 Å². The monoisotopic (exact) mass is 296 g/mol. The van der Waals surface area contributed by atoms with E-state index in [-0.39, 0.29) is 22.1 Å². The molecule has 0 atom stereocenters. The average Bonchev–Trinajstić information content (AvgIpc) is 2.47. The van der Waals surface area contributed by atoms with Crippen LogP contribution in [0.5, 0.6) is 0 Å². The van der Waals surface area contributed by atoms with E-state index in [2.05, 4.69) is 15.3 Å². The molecule has 21 heavy (non-hydrogen) atoms. The predicted octanol–water partition coefficient (Wildman–Crippen LogP) is 3.13. The minimum absolute atomic E-state index is 0.202. The Morgan fingerprint density at radius 3 is 2.76 bits per heavy atom. The Kier molecular flexibility index (Phi) is 3.37. The molecule has 0 bridgehead atoms. The van der Waals surface area contributed by atoms with Crippen molar-refractivity contribution in [3.8, 4) is 0 Å². The van der Waals surface area contributed by atoms with E-state index in [0.717, 1.165) is 16.5 Å². The molecule has 0 saturated carbocycles. The summed E-state index contributed by atoms with van der Waals surface area (Å²) in [7, 11) is 0. The van der Waals surface area contributed by atoms with E-state index >= 15 is 0 Å². The van der Waals surface area contributed by atoms with Crippen LogP contribution in [0, 0.1) is 4.77 Å². The van der Waals surface area contributed by atoms with Gasteiger partial charge in [-0.1, -0.05) is 36.4 Å². The predicted molar refractivity (Wildman–Crippen MR) is 85.7 cm³/mol. The normalized spacial score (nSPS) is 10.5. The Bertz CT molecular complexity index is 883. The molecular formula is C15H12N4OS. The maximum Gasteiger partial charge on any atom is 0.260 e. The minimum atomic E-state index is -0.331. The molecule has 0 unspecified atom stereocenters. The van der Waals surface area contributed by atoms with Gasteiger partial charge >= 0.3 is 0 Å². The molecule has 1 aromatic heterocycles. The summed E-state index contributed by atoms with van der Waals surface area (Å²) in [6, 6.07) is 13.5. The van der Waals surface area contributed by atoms with Gasteiger partial charge in [-0.15, -0.1) is 0 Å². The number of aromatic amines is 1. The molecule has 104 valence electrons. The summed E-state index contributed by atoms with van der Waals surface area (Å²) >= 11 is 4.86. The summed E-state index contributed by atoms with van der Waals surface area (Å²) in [5.41, 5.74) is 6.75. The van der Waals surface area contributed by atoms with Crippen LogP contribution in [0.4, 0.5) is 11.5 Å². The fourth-order valence-electron chi connectivity index (χ4n) is 2.11. The van der Waals surface area contributed by atoms with Crippen LogP contribution in [-0.4, -0.2) is 15.9 Å². The van der Waals surface area contributed by atoms with Gasteiger partial charge in [0.15, 0.2) is 4.77 Å². The van der Waals surface area contributed by atoms with Crippen molar-refractivity contribution in [1.82, 2.24) is 9.97 Å². The third-order valence-electron chi connectivity index (χ3n) is 3.13. The summed E-state index contributed by atoms with van der Waals surface area (Å²) in [6.45, 7) is 0. The lowest BCUT2D eigenvalue weighted by Crippen LogP contribution is -2.15. The lowest BCUT2D eigenvalue weighted by molar-refractivity contribution is 0.102. The number of nitrogens with zero attached hydrogens (tertiary/aromatic N) is 1. The third kappa shape index (κ3) is 2.61. The number of amides is 1. The smallest absolute Gasteiger partial charge is 0.260 e. The number of nitrogens with two attached hydrogens (primary N) is 1. The topological polar surface area (TPSA) is 83.8 Å². The van der Waals surface area contributed by atoms with Crippen molar-refractivity contribution in [2.75, 3.05) is 11.1 Å². The van der Waals surface area contributed by atoms with Crippen molar-refractivity contribution in [1.29, 1.82) is 0 Å². The van der Waals surface area contributed by atoms with Crippen molar-refractivity contribution < 1.29 is 4.79 Å². The Morgan fingerprint density at radius 2 is 1.95 bits per heavy atom. The molecule has 0 fully saturated rings. The van der Waals surface area contributed by atoms with Gasteiger partial charge in [-0.2, -0.15) is 0 Å². The highest BCUT2D eigenvalue weighted by molar-refractivity contribution is 7.71. The molecule has 0 aliphatic rings. The molecule has 1 amide bonds. The fourth-order valence-corrected chi connectivity index (χ4v) is 2.28. The van der Waals surface area contributed by atoms with Gasteiger partial charge in [-0.25, -0.2) is 4.98 Å². The van der Waals surface area contributed by atoms with E-state index < -0.39 is 0 Å². The van der Waals surface area contributed by atoms with E-state index in [1.165, 1.54) is 6.20 Å². The lowest BCUT2D eigenvalue weighted by atomic mass is 10.1. The van der Waals surface area contributed by atoms with Crippen LogP contribution < -0.4 is 11.1 Å². The second kappa shape index (κ2) is 5.34. The minimum Gasteiger partial charge on any atom is -0.384 e. The highest BCUT2D eigenvalue weighted by Crippen LogP contribution is 2.23. The first-order valence-corrected chi connectivity index (χ1v) is 6.70. The first-order chi connectivity index (χ1) is 10.1. The first kappa shape index (κ1) is 13.3. The fraction of sp³-hybridized carbons (Fsp3) is 0. The van der Waals surface area contributed by atoms with Gasteiger partial charge in [0.1, 0.15) is 5.82 Å². The van der Waals surface area contributed by atoms with Gasteiger partial charge in [-0.3, -0.25) is 4.79 Å². The zero-order valence-electron chi connectivity index (χ0n) is 11.0. The third-order valence-corrected chi connectivity index (χ3v) is 3.33. The van der Waals surface area contributed by atoms with Gasteiger partial charge in [0.25, 0.3) is 5.91 Å². The van der Waals surface area contributed by atoms with E-state index in [4.69, 9.17) is 18.0 Å².